The Balaban J connectivity index is 1.76. The van der Waals surface area contributed by atoms with Crippen LogP contribution in [0.1, 0.15) is 21.8 Å². The van der Waals surface area contributed by atoms with Gasteiger partial charge in [0.25, 0.3) is 11.6 Å². The van der Waals surface area contributed by atoms with Gasteiger partial charge in [0.15, 0.2) is 11.5 Å². The molecule has 2 aromatic carbocycles. The first kappa shape index (κ1) is 20.8. The van der Waals surface area contributed by atoms with Crippen molar-refractivity contribution in [2.24, 2.45) is 0 Å². The monoisotopic (exact) mass is 412 g/mol. The van der Waals surface area contributed by atoms with E-state index in [1.165, 1.54) is 18.1 Å². The maximum Gasteiger partial charge on any atom is 0.273 e. The molecule has 1 amide bonds. The number of nitro benzene ring substituents is 1. The summed E-state index contributed by atoms with van der Waals surface area (Å²) < 4.78 is 15.7. The molecule has 3 rings (SSSR count). The summed E-state index contributed by atoms with van der Waals surface area (Å²) in [5.74, 6) is 1.25. The number of aromatic nitrogens is 2. The second-order valence-electron chi connectivity index (χ2n) is 6.50. The molecule has 0 saturated carbocycles. The lowest BCUT2D eigenvalue weighted by atomic mass is 10.1. The summed E-state index contributed by atoms with van der Waals surface area (Å²) in [4.78, 5) is 28.9. The first-order valence-corrected chi connectivity index (χ1v) is 8.89. The van der Waals surface area contributed by atoms with Crippen LogP contribution in [0.25, 0.3) is 11.4 Å². The second-order valence-corrected chi connectivity index (χ2v) is 6.50. The van der Waals surface area contributed by atoms with Gasteiger partial charge in [-0.05, 0) is 31.2 Å². The number of aryl methyl sites for hydroxylation is 1. The van der Waals surface area contributed by atoms with Crippen LogP contribution in [0, 0.1) is 17.0 Å². The van der Waals surface area contributed by atoms with E-state index in [1.807, 2.05) is 0 Å². The molecule has 10 heteroatoms. The van der Waals surface area contributed by atoms with E-state index in [2.05, 4.69) is 10.1 Å². The molecule has 30 heavy (non-hydrogen) atoms. The van der Waals surface area contributed by atoms with Crippen molar-refractivity contribution in [3.05, 3.63) is 63.5 Å². The predicted molar refractivity (Wildman–Crippen MR) is 106 cm³/mol. The molecule has 0 bridgehead atoms. The van der Waals surface area contributed by atoms with Crippen LogP contribution in [-0.4, -0.2) is 47.1 Å². The van der Waals surface area contributed by atoms with E-state index in [4.69, 9.17) is 14.0 Å². The Kier molecular flexibility index (Phi) is 5.95. The van der Waals surface area contributed by atoms with Crippen molar-refractivity contribution >= 4 is 11.6 Å². The number of amides is 1. The molecule has 0 radical (unpaired) electrons. The maximum atomic E-state index is 12.6. The van der Waals surface area contributed by atoms with Crippen LogP contribution >= 0.6 is 0 Å². The summed E-state index contributed by atoms with van der Waals surface area (Å²) in [5, 5.41) is 15.1. The minimum Gasteiger partial charge on any atom is -0.493 e. The summed E-state index contributed by atoms with van der Waals surface area (Å²) in [6, 6.07) is 9.55. The number of carbonyl (C=O) groups is 1. The van der Waals surface area contributed by atoms with Gasteiger partial charge >= 0.3 is 0 Å². The van der Waals surface area contributed by atoms with E-state index in [1.54, 1.807) is 51.4 Å². The Morgan fingerprint density at radius 1 is 1.17 bits per heavy atom. The van der Waals surface area contributed by atoms with Crippen LogP contribution < -0.4 is 9.47 Å². The molecule has 0 atom stereocenters. The van der Waals surface area contributed by atoms with Crippen molar-refractivity contribution in [1.82, 2.24) is 15.0 Å². The Morgan fingerprint density at radius 2 is 1.90 bits per heavy atom. The van der Waals surface area contributed by atoms with Crippen LogP contribution in [0.5, 0.6) is 11.5 Å². The zero-order chi connectivity index (χ0) is 21.8. The molecule has 156 valence electrons. The zero-order valence-electron chi connectivity index (χ0n) is 16.9. The number of benzene rings is 2. The second kappa shape index (κ2) is 8.60. The minimum atomic E-state index is -0.514. The lowest BCUT2D eigenvalue weighted by Crippen LogP contribution is -2.26. The summed E-state index contributed by atoms with van der Waals surface area (Å²) in [6.07, 6.45) is 0. The van der Waals surface area contributed by atoms with Gasteiger partial charge in [-0.2, -0.15) is 4.98 Å². The molecule has 0 fully saturated rings. The zero-order valence-corrected chi connectivity index (χ0v) is 16.9. The van der Waals surface area contributed by atoms with Crippen LogP contribution in [0.2, 0.25) is 0 Å². The molecule has 1 heterocycles. The van der Waals surface area contributed by atoms with Gasteiger partial charge < -0.3 is 18.9 Å². The Hall–Kier alpha value is -3.95. The van der Waals surface area contributed by atoms with Crippen molar-refractivity contribution in [2.75, 3.05) is 21.3 Å². The Morgan fingerprint density at radius 3 is 2.57 bits per heavy atom. The molecule has 0 aliphatic rings. The molecule has 10 nitrogen and oxygen atoms in total. The van der Waals surface area contributed by atoms with Gasteiger partial charge in [0.1, 0.15) is 0 Å². The SMILES string of the molecule is COc1ccc(-c2noc(CN(C)C(=O)c3ccc(C)c([N+](=O)[O-])c3)n2)cc1OC. The lowest BCUT2D eigenvalue weighted by Gasteiger charge is -2.14. The van der Waals surface area contributed by atoms with Gasteiger partial charge in [0.05, 0.1) is 25.7 Å². The molecular formula is C20H20N4O6. The van der Waals surface area contributed by atoms with Crippen molar-refractivity contribution in [3.8, 4) is 22.9 Å². The van der Waals surface area contributed by atoms with Crippen molar-refractivity contribution < 1.29 is 23.7 Å². The highest BCUT2D eigenvalue weighted by Crippen LogP contribution is 2.31. The first-order valence-electron chi connectivity index (χ1n) is 8.89. The summed E-state index contributed by atoms with van der Waals surface area (Å²) in [5.41, 5.74) is 1.23. The molecule has 0 N–H and O–H groups in total. The van der Waals surface area contributed by atoms with Crippen LogP contribution in [-0.2, 0) is 6.54 Å². The van der Waals surface area contributed by atoms with E-state index < -0.39 is 10.8 Å². The van der Waals surface area contributed by atoms with E-state index in [9.17, 15) is 14.9 Å². The van der Waals surface area contributed by atoms with Gasteiger partial charge in [-0.25, -0.2) is 0 Å². The van der Waals surface area contributed by atoms with E-state index >= 15 is 0 Å². The number of ether oxygens (including phenoxy) is 2. The summed E-state index contributed by atoms with van der Waals surface area (Å²) >= 11 is 0. The predicted octanol–water partition coefficient (Wildman–Crippen LogP) is 3.24. The number of nitro groups is 1. The third-order valence-corrected chi connectivity index (χ3v) is 4.48. The molecule has 0 saturated heterocycles. The third-order valence-electron chi connectivity index (χ3n) is 4.48. The number of rotatable bonds is 7. The van der Waals surface area contributed by atoms with E-state index in [0.717, 1.165) is 0 Å². The average molecular weight is 412 g/mol. The summed E-state index contributed by atoms with van der Waals surface area (Å²) in [6.45, 7) is 1.66. The number of nitrogens with zero attached hydrogens (tertiary/aromatic N) is 4. The van der Waals surface area contributed by atoms with Gasteiger partial charge in [0.2, 0.25) is 11.7 Å². The van der Waals surface area contributed by atoms with Gasteiger partial charge in [0, 0.05) is 29.8 Å². The Bertz CT molecular complexity index is 1090. The smallest absolute Gasteiger partial charge is 0.273 e. The first-order chi connectivity index (χ1) is 14.3. The minimum absolute atomic E-state index is 0.0425. The van der Waals surface area contributed by atoms with Gasteiger partial charge in [-0.1, -0.05) is 11.2 Å². The fraction of sp³-hybridized carbons (Fsp3) is 0.250. The molecule has 1 aromatic heterocycles. The van der Waals surface area contributed by atoms with Gasteiger partial charge in [-0.15, -0.1) is 0 Å². The molecule has 0 unspecified atom stereocenters. The Labute approximate surface area is 172 Å². The topological polar surface area (TPSA) is 121 Å². The largest absolute Gasteiger partial charge is 0.493 e. The van der Waals surface area contributed by atoms with Gasteiger partial charge in [-0.3, -0.25) is 14.9 Å². The van der Waals surface area contributed by atoms with E-state index in [0.29, 0.717) is 28.5 Å². The van der Waals surface area contributed by atoms with Crippen molar-refractivity contribution in [2.45, 2.75) is 13.5 Å². The quantitative estimate of drug-likeness (QED) is 0.428. The van der Waals surface area contributed by atoms with Crippen molar-refractivity contribution in [3.63, 3.8) is 0 Å². The van der Waals surface area contributed by atoms with Crippen LogP contribution in [0.3, 0.4) is 0 Å². The van der Waals surface area contributed by atoms with Crippen molar-refractivity contribution in [1.29, 1.82) is 0 Å². The number of methoxy groups -OCH3 is 2. The highest BCUT2D eigenvalue weighted by Gasteiger charge is 2.20. The fourth-order valence-corrected chi connectivity index (χ4v) is 2.85. The molecule has 3 aromatic rings. The van der Waals surface area contributed by atoms with E-state index in [-0.39, 0.29) is 23.7 Å². The summed E-state index contributed by atoms with van der Waals surface area (Å²) in [7, 11) is 4.62. The molecule has 0 aliphatic carbocycles. The fourth-order valence-electron chi connectivity index (χ4n) is 2.85. The van der Waals surface area contributed by atoms with Crippen LogP contribution in [0.15, 0.2) is 40.9 Å². The number of carbonyl (C=O) groups excluding carboxylic acids is 1. The molecule has 0 aliphatic heterocycles. The maximum absolute atomic E-state index is 12.6. The highest BCUT2D eigenvalue weighted by atomic mass is 16.6. The molecule has 0 spiro atoms. The number of hydrogen-bond acceptors (Lipinski definition) is 8. The third kappa shape index (κ3) is 4.22. The normalized spacial score (nSPS) is 10.5. The van der Waals surface area contributed by atoms with Crippen LogP contribution in [0.4, 0.5) is 5.69 Å². The number of hydrogen-bond donors (Lipinski definition) is 0. The lowest BCUT2D eigenvalue weighted by molar-refractivity contribution is -0.385. The average Bonchev–Trinajstić information content (AvgIpc) is 3.21. The highest BCUT2D eigenvalue weighted by molar-refractivity contribution is 5.94. The standard InChI is InChI=1S/C20H20N4O6/c1-12-5-6-14(9-15(12)24(26)27)20(25)23(2)11-18-21-19(22-30-18)13-7-8-16(28-3)17(10-13)29-4/h5-10H,11H2,1-4H3. The molecular weight excluding hydrogens is 392 g/mol.